The number of amides is 1. The third-order valence-electron chi connectivity index (χ3n) is 4.74. The molecule has 144 valence electrons. The van der Waals surface area contributed by atoms with Gasteiger partial charge in [0, 0.05) is 6.07 Å². The van der Waals surface area contributed by atoms with Gasteiger partial charge in [-0.3, -0.25) is 4.79 Å². The smallest absolute Gasteiger partial charge is 0.285 e. The number of nitrogens with one attached hydrogen (secondary N) is 1. The van der Waals surface area contributed by atoms with Crippen LogP contribution < -0.4 is 5.32 Å². The summed E-state index contributed by atoms with van der Waals surface area (Å²) in [6.45, 7) is 6.07. The normalized spacial score (nSPS) is 11.4. The van der Waals surface area contributed by atoms with Crippen LogP contribution in [0.15, 0.2) is 42.5 Å². The molecule has 0 unspecified atom stereocenters. The Morgan fingerprint density at radius 2 is 1.72 bits per heavy atom. The second-order valence-electron chi connectivity index (χ2n) is 6.92. The summed E-state index contributed by atoms with van der Waals surface area (Å²) in [7, 11) is 0. The Morgan fingerprint density at radius 3 is 2.55 bits per heavy atom. The molecule has 3 heterocycles. The van der Waals surface area contributed by atoms with Crippen molar-refractivity contribution in [1.29, 1.82) is 0 Å². The predicted octanol–water partition coefficient (Wildman–Crippen LogP) is 5.27. The van der Waals surface area contributed by atoms with Crippen LogP contribution in [0, 0.1) is 20.8 Å². The largest absolute Gasteiger partial charge is 0.304 e. The maximum Gasteiger partial charge on any atom is 0.285 e. The fraction of sp³-hybridized carbons (Fsp3) is 0.143. The van der Waals surface area contributed by atoms with Crippen molar-refractivity contribution in [3.63, 3.8) is 0 Å². The number of benzene rings is 2. The van der Waals surface area contributed by atoms with Crippen LogP contribution in [0.1, 0.15) is 26.6 Å². The molecule has 0 atom stereocenters. The second kappa shape index (κ2) is 6.75. The highest BCUT2D eigenvalue weighted by Gasteiger charge is 2.18. The molecule has 0 saturated carbocycles. The molecule has 0 bridgehead atoms. The number of aromatic nitrogens is 4. The summed E-state index contributed by atoms with van der Waals surface area (Å²) in [6, 6.07) is 13.8. The molecule has 8 heteroatoms. The summed E-state index contributed by atoms with van der Waals surface area (Å²) < 4.78 is 3.77. The van der Waals surface area contributed by atoms with Crippen molar-refractivity contribution < 1.29 is 4.79 Å². The van der Waals surface area contributed by atoms with Crippen LogP contribution in [0.2, 0.25) is 0 Å². The van der Waals surface area contributed by atoms with E-state index in [4.69, 9.17) is 4.98 Å². The van der Waals surface area contributed by atoms with Crippen molar-refractivity contribution in [2.75, 3.05) is 5.32 Å². The molecule has 6 nitrogen and oxygen atoms in total. The first kappa shape index (κ1) is 18.0. The number of thiazole rings is 2. The summed E-state index contributed by atoms with van der Waals surface area (Å²) in [5.41, 5.74) is 4.99. The van der Waals surface area contributed by atoms with Crippen LogP contribution in [0.25, 0.3) is 25.6 Å². The quantitative estimate of drug-likeness (QED) is 0.432. The number of carbonyl (C=O) groups excluding carboxylic acids is 1. The number of anilines is 1. The predicted molar refractivity (Wildman–Crippen MR) is 119 cm³/mol. The standard InChI is InChI=1S/C21H17N5OS2/c1-11-8-15-17(9-12(11)2)29-21(23-15)26-18(10-13(3)25-26)24-19(27)20-22-14-6-4-5-7-16(14)28-20/h4-10H,1-3H3,(H,24,27). The van der Waals surface area contributed by atoms with Crippen molar-refractivity contribution in [3.05, 3.63) is 64.3 Å². The molecule has 0 saturated heterocycles. The Kier molecular flexibility index (Phi) is 4.18. The van der Waals surface area contributed by atoms with Gasteiger partial charge in [-0.05, 0) is 56.2 Å². The number of aryl methyl sites for hydroxylation is 3. The number of nitrogens with zero attached hydrogens (tertiary/aromatic N) is 4. The molecule has 0 aliphatic heterocycles. The van der Waals surface area contributed by atoms with Crippen LogP contribution in [0.5, 0.6) is 0 Å². The van der Waals surface area contributed by atoms with E-state index in [2.05, 4.69) is 41.4 Å². The molecule has 0 spiro atoms. The van der Waals surface area contributed by atoms with Crippen LogP contribution in [0.3, 0.4) is 0 Å². The van der Waals surface area contributed by atoms with Crippen molar-refractivity contribution in [3.8, 4) is 5.13 Å². The maximum atomic E-state index is 12.8. The van der Waals surface area contributed by atoms with E-state index >= 15 is 0 Å². The Bertz CT molecular complexity index is 1320. The third-order valence-corrected chi connectivity index (χ3v) is 6.76. The lowest BCUT2D eigenvalue weighted by Gasteiger charge is -2.04. The highest BCUT2D eigenvalue weighted by molar-refractivity contribution is 7.21. The van der Waals surface area contributed by atoms with Crippen molar-refractivity contribution >= 4 is 54.8 Å². The van der Waals surface area contributed by atoms with Gasteiger partial charge >= 0.3 is 0 Å². The zero-order chi connectivity index (χ0) is 20.1. The van der Waals surface area contributed by atoms with Crippen LogP contribution in [0.4, 0.5) is 5.82 Å². The van der Waals surface area contributed by atoms with Gasteiger partial charge in [0.25, 0.3) is 5.91 Å². The van der Waals surface area contributed by atoms with E-state index in [1.54, 1.807) is 16.0 Å². The number of para-hydroxylation sites is 1. The summed E-state index contributed by atoms with van der Waals surface area (Å²) >= 11 is 2.93. The van der Waals surface area contributed by atoms with Crippen LogP contribution in [-0.4, -0.2) is 25.7 Å². The average Bonchev–Trinajstić information content (AvgIpc) is 3.38. The Morgan fingerprint density at radius 1 is 0.931 bits per heavy atom. The molecule has 3 aromatic heterocycles. The first-order chi connectivity index (χ1) is 14.0. The van der Waals surface area contributed by atoms with E-state index in [1.807, 2.05) is 37.3 Å². The van der Waals surface area contributed by atoms with Crippen molar-refractivity contribution in [2.24, 2.45) is 0 Å². The van der Waals surface area contributed by atoms with Gasteiger partial charge in [0.05, 0.1) is 26.1 Å². The van der Waals surface area contributed by atoms with Crippen molar-refractivity contribution in [2.45, 2.75) is 20.8 Å². The number of carbonyl (C=O) groups is 1. The number of rotatable bonds is 3. The first-order valence-corrected chi connectivity index (χ1v) is 10.7. The van der Waals surface area contributed by atoms with Gasteiger partial charge in [-0.15, -0.1) is 11.3 Å². The zero-order valence-electron chi connectivity index (χ0n) is 16.1. The molecule has 5 rings (SSSR count). The molecule has 1 amide bonds. The van der Waals surface area contributed by atoms with Crippen LogP contribution >= 0.6 is 22.7 Å². The Hall–Kier alpha value is -3.10. The van der Waals surface area contributed by atoms with E-state index in [9.17, 15) is 4.79 Å². The van der Waals surface area contributed by atoms with Gasteiger partial charge in [0.1, 0.15) is 5.82 Å². The molecule has 5 aromatic rings. The second-order valence-corrected chi connectivity index (χ2v) is 8.96. The lowest BCUT2D eigenvalue weighted by molar-refractivity contribution is 0.102. The van der Waals surface area contributed by atoms with Gasteiger partial charge < -0.3 is 5.32 Å². The van der Waals surface area contributed by atoms with Crippen LogP contribution in [-0.2, 0) is 0 Å². The summed E-state index contributed by atoms with van der Waals surface area (Å²) in [5.74, 6) is 0.333. The van der Waals surface area contributed by atoms with E-state index < -0.39 is 0 Å². The highest BCUT2D eigenvalue weighted by Crippen LogP contribution is 2.30. The van der Waals surface area contributed by atoms with E-state index in [0.29, 0.717) is 10.8 Å². The molecule has 0 radical (unpaired) electrons. The van der Waals surface area contributed by atoms with Gasteiger partial charge in [0.2, 0.25) is 5.13 Å². The molecule has 0 aliphatic rings. The van der Waals surface area contributed by atoms with E-state index in [0.717, 1.165) is 31.3 Å². The van der Waals surface area contributed by atoms with Gasteiger partial charge in [-0.1, -0.05) is 23.5 Å². The summed E-state index contributed by atoms with van der Waals surface area (Å²) in [4.78, 5) is 22.0. The third kappa shape index (κ3) is 3.20. The number of fused-ring (bicyclic) bond motifs is 2. The zero-order valence-corrected chi connectivity index (χ0v) is 17.7. The number of hydrogen-bond donors (Lipinski definition) is 1. The lowest BCUT2D eigenvalue weighted by Crippen LogP contribution is -2.14. The minimum absolute atomic E-state index is 0.250. The van der Waals surface area contributed by atoms with Crippen molar-refractivity contribution in [1.82, 2.24) is 19.7 Å². The lowest BCUT2D eigenvalue weighted by atomic mass is 10.1. The Labute approximate surface area is 174 Å². The molecule has 0 aliphatic carbocycles. The van der Waals surface area contributed by atoms with Gasteiger partial charge in [0.15, 0.2) is 5.01 Å². The minimum Gasteiger partial charge on any atom is -0.304 e. The highest BCUT2D eigenvalue weighted by atomic mass is 32.1. The average molecular weight is 420 g/mol. The first-order valence-electron chi connectivity index (χ1n) is 9.10. The van der Waals surface area contributed by atoms with E-state index in [-0.39, 0.29) is 5.91 Å². The fourth-order valence-corrected chi connectivity index (χ4v) is 5.00. The number of hydrogen-bond acceptors (Lipinski definition) is 6. The molecular formula is C21H17N5OS2. The fourth-order valence-electron chi connectivity index (χ4n) is 3.13. The molecule has 0 fully saturated rings. The SMILES string of the molecule is Cc1cc(NC(=O)c2nc3ccccc3s2)n(-c2nc3cc(C)c(C)cc3s2)n1. The van der Waals surface area contributed by atoms with E-state index in [1.165, 1.54) is 22.5 Å². The molecule has 1 N–H and O–H groups in total. The summed E-state index contributed by atoms with van der Waals surface area (Å²) in [6.07, 6.45) is 0. The van der Waals surface area contributed by atoms with Gasteiger partial charge in [-0.2, -0.15) is 9.78 Å². The Balaban J connectivity index is 1.51. The topological polar surface area (TPSA) is 72.7 Å². The summed E-state index contributed by atoms with van der Waals surface area (Å²) in [5, 5.41) is 8.64. The molecule has 2 aromatic carbocycles. The minimum atomic E-state index is -0.250. The van der Waals surface area contributed by atoms with Gasteiger partial charge in [-0.25, -0.2) is 9.97 Å². The molecule has 29 heavy (non-hydrogen) atoms. The molecular weight excluding hydrogens is 402 g/mol. The maximum absolute atomic E-state index is 12.8. The monoisotopic (exact) mass is 419 g/mol.